The van der Waals surface area contributed by atoms with Crippen LogP contribution >= 0.6 is 23.1 Å². The van der Waals surface area contributed by atoms with E-state index in [1.54, 1.807) is 49.6 Å². The van der Waals surface area contributed by atoms with Crippen molar-refractivity contribution in [3.63, 3.8) is 0 Å². The molecule has 11 heteroatoms. The molecule has 4 aromatic carbocycles. The first kappa shape index (κ1) is 31.3. The summed E-state index contributed by atoms with van der Waals surface area (Å²) in [5.41, 5.74) is 3.65. The molecule has 0 aliphatic heterocycles. The van der Waals surface area contributed by atoms with Crippen LogP contribution in [-0.4, -0.2) is 49.7 Å². The lowest BCUT2D eigenvalue weighted by molar-refractivity contribution is -0.114. The fraction of sp³-hybridized carbons (Fsp3) is 0.118. The van der Waals surface area contributed by atoms with Gasteiger partial charge < -0.3 is 25.6 Å². The normalized spacial score (nSPS) is 11.1. The zero-order valence-electron chi connectivity index (χ0n) is 24.9. The number of aromatic nitrogens is 1. The van der Waals surface area contributed by atoms with E-state index in [9.17, 15) is 14.4 Å². The Balaban J connectivity index is 1.21. The van der Waals surface area contributed by atoms with Crippen molar-refractivity contribution in [2.24, 2.45) is 0 Å². The predicted octanol–water partition coefficient (Wildman–Crippen LogP) is 6.51. The van der Waals surface area contributed by atoms with E-state index < -0.39 is 11.8 Å². The van der Waals surface area contributed by atoms with Crippen LogP contribution in [0.2, 0.25) is 0 Å². The number of anilines is 3. The van der Waals surface area contributed by atoms with Gasteiger partial charge in [-0.3, -0.25) is 14.4 Å². The van der Waals surface area contributed by atoms with Gasteiger partial charge in [0.1, 0.15) is 11.4 Å². The van der Waals surface area contributed by atoms with Crippen molar-refractivity contribution in [3.05, 3.63) is 114 Å². The maximum atomic E-state index is 13.4. The molecule has 0 radical (unpaired) electrons. The first-order valence-electron chi connectivity index (χ1n) is 13.9. The zero-order valence-corrected chi connectivity index (χ0v) is 26.5. The molecule has 1 heterocycles. The van der Waals surface area contributed by atoms with E-state index in [-0.39, 0.29) is 17.4 Å². The summed E-state index contributed by atoms with van der Waals surface area (Å²) >= 11 is 2.75. The average Bonchev–Trinajstić information content (AvgIpc) is 3.46. The molecular weight excluding hydrogens is 607 g/mol. The van der Waals surface area contributed by atoms with Crippen LogP contribution in [-0.2, 0) is 9.59 Å². The van der Waals surface area contributed by atoms with Gasteiger partial charge in [-0.25, -0.2) is 4.98 Å². The molecule has 5 rings (SSSR count). The molecule has 3 amide bonds. The molecule has 0 aliphatic rings. The van der Waals surface area contributed by atoms with E-state index in [1.165, 1.54) is 23.1 Å². The molecule has 3 N–H and O–H groups in total. The van der Waals surface area contributed by atoms with Crippen LogP contribution in [0, 0.1) is 0 Å². The highest BCUT2D eigenvalue weighted by molar-refractivity contribution is 8.00. The third-order valence-corrected chi connectivity index (χ3v) is 8.52. The van der Waals surface area contributed by atoms with Gasteiger partial charge in [-0.15, -0.1) is 11.8 Å². The maximum Gasteiger partial charge on any atom is 0.272 e. The maximum absolute atomic E-state index is 13.4. The molecule has 0 aliphatic carbocycles. The van der Waals surface area contributed by atoms with Crippen molar-refractivity contribution in [1.82, 2.24) is 10.3 Å². The van der Waals surface area contributed by atoms with Gasteiger partial charge in [-0.1, -0.05) is 41.7 Å². The number of methoxy groups -OCH3 is 1. The van der Waals surface area contributed by atoms with Crippen molar-refractivity contribution in [3.8, 4) is 5.75 Å². The lowest BCUT2D eigenvalue weighted by Crippen LogP contribution is -2.30. The number of hydrogen-bond acceptors (Lipinski definition) is 8. The van der Waals surface area contributed by atoms with Crippen LogP contribution in [0.15, 0.2) is 108 Å². The molecule has 0 spiro atoms. The highest BCUT2D eigenvalue weighted by atomic mass is 32.2. The van der Waals surface area contributed by atoms with E-state index in [4.69, 9.17) is 4.74 Å². The number of hydrogen-bond donors (Lipinski definition) is 3. The molecule has 0 saturated carbocycles. The summed E-state index contributed by atoms with van der Waals surface area (Å²) in [4.78, 5) is 46.1. The molecule has 45 heavy (non-hydrogen) atoms. The van der Waals surface area contributed by atoms with Gasteiger partial charge in [-0.2, -0.15) is 0 Å². The zero-order chi connectivity index (χ0) is 31.8. The van der Waals surface area contributed by atoms with Gasteiger partial charge in [0.25, 0.3) is 11.8 Å². The molecule has 9 nitrogen and oxygen atoms in total. The second-order valence-electron chi connectivity index (χ2n) is 10.0. The summed E-state index contributed by atoms with van der Waals surface area (Å²) < 4.78 is 6.18. The minimum atomic E-state index is -0.468. The number of nitrogens with zero attached hydrogens (tertiary/aromatic N) is 2. The molecule has 0 atom stereocenters. The topological polar surface area (TPSA) is 113 Å². The Morgan fingerprint density at radius 3 is 2.33 bits per heavy atom. The van der Waals surface area contributed by atoms with Crippen LogP contribution in [0.3, 0.4) is 0 Å². The highest BCUT2D eigenvalue weighted by Gasteiger charge is 2.16. The van der Waals surface area contributed by atoms with Gasteiger partial charge in [0.15, 0.2) is 5.13 Å². The third-order valence-electron chi connectivity index (χ3n) is 6.57. The van der Waals surface area contributed by atoms with Crippen LogP contribution in [0.1, 0.15) is 15.9 Å². The summed E-state index contributed by atoms with van der Waals surface area (Å²) in [5.74, 6) is -0.110. The van der Waals surface area contributed by atoms with Crippen molar-refractivity contribution in [2.75, 3.05) is 42.5 Å². The van der Waals surface area contributed by atoms with Gasteiger partial charge >= 0.3 is 0 Å². The number of carbonyl (C=O) groups is 3. The highest BCUT2D eigenvalue weighted by Crippen LogP contribution is 2.29. The van der Waals surface area contributed by atoms with Crippen molar-refractivity contribution < 1.29 is 19.1 Å². The molecule has 5 aromatic rings. The fourth-order valence-corrected chi connectivity index (χ4v) is 5.81. The fourth-order valence-electron chi connectivity index (χ4n) is 4.20. The Labute approximate surface area is 269 Å². The number of amides is 3. The van der Waals surface area contributed by atoms with E-state index in [0.29, 0.717) is 16.4 Å². The lowest BCUT2D eigenvalue weighted by Gasteiger charge is -2.13. The van der Waals surface area contributed by atoms with Gasteiger partial charge in [0, 0.05) is 35.9 Å². The minimum absolute atomic E-state index is 0.102. The van der Waals surface area contributed by atoms with Crippen molar-refractivity contribution >= 4 is 73.6 Å². The lowest BCUT2D eigenvalue weighted by atomic mass is 10.1. The van der Waals surface area contributed by atoms with Gasteiger partial charge in [0.05, 0.1) is 23.1 Å². The van der Waals surface area contributed by atoms with E-state index in [1.807, 2.05) is 79.7 Å². The number of thioether (sulfide) groups is 1. The van der Waals surface area contributed by atoms with Crippen LogP contribution < -0.4 is 25.6 Å². The molecule has 0 bridgehead atoms. The first-order chi connectivity index (χ1) is 21.8. The van der Waals surface area contributed by atoms with Crippen molar-refractivity contribution in [2.45, 2.75) is 4.90 Å². The Morgan fingerprint density at radius 1 is 0.911 bits per heavy atom. The average molecular weight is 638 g/mol. The Bertz CT molecular complexity index is 1840. The number of carbonyl (C=O) groups excluding carboxylic acids is 3. The summed E-state index contributed by atoms with van der Waals surface area (Å²) in [6.45, 7) is 0. The Hall–Kier alpha value is -5.13. The van der Waals surface area contributed by atoms with E-state index in [2.05, 4.69) is 20.9 Å². The monoisotopic (exact) mass is 637 g/mol. The summed E-state index contributed by atoms with van der Waals surface area (Å²) in [6, 6.07) is 29.1. The molecule has 1 aromatic heterocycles. The third kappa shape index (κ3) is 8.49. The van der Waals surface area contributed by atoms with Crippen LogP contribution in [0.5, 0.6) is 5.75 Å². The SMILES string of the molecule is COc1ccc2nc(NC(=O)CSc3ccc(NC(=O)/C(=C/c4ccc(N(C)C)cc4)NC(=O)c4ccccc4)cc3)sc2c1. The number of thiazole rings is 1. The molecule has 0 fully saturated rings. The van der Waals surface area contributed by atoms with E-state index in [0.717, 1.165) is 32.1 Å². The molecule has 0 saturated heterocycles. The minimum Gasteiger partial charge on any atom is -0.497 e. The molecule has 228 valence electrons. The molecular formula is C34H31N5O4S2. The number of ether oxygens (including phenoxy) is 1. The predicted molar refractivity (Wildman–Crippen MR) is 183 cm³/mol. The van der Waals surface area contributed by atoms with E-state index >= 15 is 0 Å². The largest absolute Gasteiger partial charge is 0.497 e. The standard InChI is InChI=1S/C34H31N5O4S2/c1-39(2)25-13-9-22(10-14-25)19-29(36-32(41)23-7-5-4-6-8-23)33(42)35-24-11-16-27(17-12-24)44-21-31(40)38-34-37-28-18-15-26(43-3)20-30(28)45-34/h4-20H,21H2,1-3H3,(H,35,42)(H,36,41)(H,37,38,40)/b29-19-. The first-order valence-corrected chi connectivity index (χ1v) is 15.7. The van der Waals surface area contributed by atoms with Gasteiger partial charge in [0.2, 0.25) is 5.91 Å². The summed E-state index contributed by atoms with van der Waals surface area (Å²) in [6.07, 6.45) is 1.64. The number of benzene rings is 4. The van der Waals surface area contributed by atoms with Crippen LogP contribution in [0.4, 0.5) is 16.5 Å². The second kappa shape index (κ2) is 14.6. The smallest absolute Gasteiger partial charge is 0.272 e. The second-order valence-corrected chi connectivity index (χ2v) is 12.1. The summed E-state index contributed by atoms with van der Waals surface area (Å²) in [5, 5.41) is 9.00. The number of nitrogens with one attached hydrogen (secondary N) is 3. The summed E-state index contributed by atoms with van der Waals surface area (Å²) in [7, 11) is 5.51. The number of fused-ring (bicyclic) bond motifs is 1. The molecule has 0 unspecified atom stereocenters. The Kier molecular flexibility index (Phi) is 10.1. The van der Waals surface area contributed by atoms with Crippen molar-refractivity contribution in [1.29, 1.82) is 0 Å². The van der Waals surface area contributed by atoms with Crippen LogP contribution in [0.25, 0.3) is 16.3 Å². The number of rotatable bonds is 11. The quantitative estimate of drug-likeness (QED) is 0.112. The van der Waals surface area contributed by atoms with Gasteiger partial charge in [-0.05, 0) is 78.4 Å². The Morgan fingerprint density at radius 2 is 1.64 bits per heavy atom.